The molecule has 0 aliphatic heterocycles. The minimum atomic E-state index is -1.15. The van der Waals surface area contributed by atoms with Gasteiger partial charge in [0.2, 0.25) is 17.7 Å². The second kappa shape index (κ2) is 50.7. The van der Waals surface area contributed by atoms with Crippen LogP contribution < -0.4 is 43.8 Å². The molecule has 0 radical (unpaired) electrons. The predicted octanol–water partition coefficient (Wildman–Crippen LogP) is 6.30. The lowest BCUT2D eigenvalue weighted by Crippen LogP contribution is -2.51. The number of unbranched alkanes of at least 4 members (excludes halogenated alkanes) is 8. The molecule has 0 saturated heterocycles. The van der Waals surface area contributed by atoms with E-state index in [4.69, 9.17) is 60.6 Å². The van der Waals surface area contributed by atoms with E-state index in [1.165, 1.54) is 13.8 Å². The number of hydrogen-bond donors (Lipinski definition) is 10. The zero-order chi connectivity index (χ0) is 69.5. The Bertz CT molecular complexity index is 2300. The van der Waals surface area contributed by atoms with E-state index >= 15 is 0 Å². The molecule has 28 heteroatoms. The van der Waals surface area contributed by atoms with Gasteiger partial charge in [0.1, 0.15) is 24.6 Å². The Hall–Kier alpha value is -6.77. The average molecular weight is 1330 g/mol. The van der Waals surface area contributed by atoms with Gasteiger partial charge in [-0.15, -0.1) is 0 Å². The third-order valence-electron chi connectivity index (χ3n) is 17.2. The first-order chi connectivity index (χ1) is 44.5. The Balaban J connectivity index is 0.0000212. The van der Waals surface area contributed by atoms with E-state index in [0.29, 0.717) is 97.3 Å². The van der Waals surface area contributed by atoms with E-state index in [1.54, 1.807) is 0 Å². The predicted molar refractivity (Wildman–Crippen MR) is 348 cm³/mol. The summed E-state index contributed by atoms with van der Waals surface area (Å²) in [6, 6.07) is -2.51. The molecule has 2 aliphatic rings. The Morgan fingerprint density at radius 2 is 1.13 bits per heavy atom. The maximum atomic E-state index is 13.5. The van der Waals surface area contributed by atoms with Crippen molar-refractivity contribution in [2.24, 2.45) is 57.7 Å². The van der Waals surface area contributed by atoms with Gasteiger partial charge in [-0.3, -0.25) is 39.0 Å². The number of ketones is 2. The number of nitrogens with two attached hydrogens (primary N) is 3. The standard InChI is InChI=1S/C64H114N10O16.CO2.H2/c1-8-33-85-34-35-86-36-37-87-38-39-88-64(84)74-49(27-26-47(77)23-19-15-13-18-22-32-70-63(83)89-52-29-25-46(40-53(65)66)56(52)58(71-42(6)75)44(9-2)10-3)51(78)28-30-54(79)69-31-21-17-14-16-20-24-55(80)90-60-48(61(81)82)41-50(73-62(67)68)57(60)59(72-43(7)76)45(11-4)12-5;2-1-3;/h44-46,48-50,52,56-60H,8-41H2,1-7H3,(H3,65,66)(H,69,79)(H,70,83)(H,71,75)(H,72,76)(H,74,84)(H,81,82)(H4,67,68,73);;1H/t46-,48-,49+,50+,52+,56-,57?,58+,59+,60+;;/m0../s1/i;;1+2. The number of aliphatic imine (C=N–C) groups is 1. The van der Waals surface area contributed by atoms with Gasteiger partial charge in [0.15, 0.2) is 11.7 Å². The Morgan fingerprint density at radius 3 is 1.66 bits per heavy atom. The fourth-order valence-electron chi connectivity index (χ4n) is 12.6. The van der Waals surface area contributed by atoms with Crippen molar-refractivity contribution in [3.8, 4) is 0 Å². The van der Waals surface area contributed by atoms with Crippen LogP contribution in [-0.4, -0.2) is 172 Å². The topological polar surface area (TPSA) is 438 Å². The molecule has 0 spiro atoms. The summed E-state index contributed by atoms with van der Waals surface area (Å²) < 4.78 is 33.5. The molecule has 5 amide bonds. The van der Waals surface area contributed by atoms with E-state index in [0.717, 1.165) is 57.8 Å². The first-order valence-corrected chi connectivity index (χ1v) is 33.8. The minimum Gasteiger partial charge on any atom is -0.481 e. The SMILES string of the molecule is CCCOCCOCCOCCOC(=O)N[C@H](CCC(=O)CCCCCCCNC(=O)O[C@@H]1CC[C@@H](CC(=N)N)[C@@H]1[C@H](NC(C)=O)C(CC)CC)C(=O)CCC(=O)NCCCCCCCC(=O)O[C@H]1C([C@H](NC(C)=O)C(CC)CC)[C@H](N=C(N)N)C[C@@H]1C(=O)O.O=C=O.[3HH]. The number of amides is 5. The van der Waals surface area contributed by atoms with Crippen LogP contribution in [0.3, 0.4) is 0 Å². The number of aliphatic carboxylic acids is 1. The quantitative estimate of drug-likeness (QED) is 0.0105. The van der Waals surface area contributed by atoms with E-state index in [-0.39, 0.29) is 137 Å². The first-order valence-electron chi connectivity index (χ1n) is 33.8. The summed E-state index contributed by atoms with van der Waals surface area (Å²) in [4.78, 5) is 136. The number of carboxylic acid groups (broad SMARTS) is 1. The van der Waals surface area contributed by atoms with Crippen molar-refractivity contribution >= 4 is 71.4 Å². The largest absolute Gasteiger partial charge is 0.481 e. The number of carboxylic acids is 1. The Morgan fingerprint density at radius 1 is 0.613 bits per heavy atom. The monoisotopic (exact) mass is 1330 g/mol. The van der Waals surface area contributed by atoms with Gasteiger partial charge in [0, 0.05) is 97.4 Å². The summed E-state index contributed by atoms with van der Waals surface area (Å²) in [7, 11) is 0. The highest BCUT2D eigenvalue weighted by Gasteiger charge is 2.54. The van der Waals surface area contributed by atoms with Crippen LogP contribution in [0, 0.1) is 40.9 Å². The Kier molecular flexibility index (Phi) is 45.9. The second-order valence-electron chi connectivity index (χ2n) is 24.1. The molecule has 0 aromatic rings. The molecule has 0 heterocycles. The molecule has 0 aromatic carbocycles. The smallest absolute Gasteiger partial charge is 0.407 e. The molecule has 93 heavy (non-hydrogen) atoms. The number of Topliss-reactive ketones (excluding diaryl/α,β-unsaturated/α-hetero) is 2. The number of nitrogens with zero attached hydrogens (tertiary/aromatic N) is 1. The van der Waals surface area contributed by atoms with Crippen molar-refractivity contribution in [3.63, 3.8) is 0 Å². The summed E-state index contributed by atoms with van der Waals surface area (Å²) in [5, 5.41) is 32.5. The highest BCUT2D eigenvalue weighted by Crippen LogP contribution is 2.43. The van der Waals surface area contributed by atoms with Gasteiger partial charge in [-0.05, 0) is 75.5 Å². The number of carbonyl (C=O) groups is 9. The van der Waals surface area contributed by atoms with Crippen molar-refractivity contribution in [1.82, 2.24) is 26.6 Å². The number of alkyl carbamates (subject to hydrolysis) is 2. The van der Waals surface area contributed by atoms with Crippen molar-refractivity contribution in [1.29, 1.82) is 5.41 Å². The number of hydrogen-bond acceptors (Lipinski definition) is 19. The Labute approximate surface area is 551 Å². The summed E-state index contributed by atoms with van der Waals surface area (Å²) >= 11 is 0. The van der Waals surface area contributed by atoms with Gasteiger partial charge in [-0.1, -0.05) is 98.8 Å². The summed E-state index contributed by atoms with van der Waals surface area (Å²) in [5.74, 6) is -4.95. The molecular weight excluding hydrogens is 1210 g/mol. The molecule has 13 N–H and O–H groups in total. The lowest BCUT2D eigenvalue weighted by Gasteiger charge is -2.37. The normalized spacial score (nSPS) is 19.1. The van der Waals surface area contributed by atoms with Gasteiger partial charge >= 0.3 is 30.3 Å². The zero-order valence-electron chi connectivity index (χ0n) is 56.5. The fourth-order valence-corrected chi connectivity index (χ4v) is 12.6. The van der Waals surface area contributed by atoms with E-state index in [9.17, 15) is 48.3 Å². The highest BCUT2D eigenvalue weighted by atomic mass is 16.6. The second-order valence-corrected chi connectivity index (χ2v) is 24.1. The third-order valence-corrected chi connectivity index (χ3v) is 17.2. The summed E-state index contributed by atoms with van der Waals surface area (Å²) in [6.07, 6.45) is 10.1. The maximum absolute atomic E-state index is 13.5. The molecular formula is C65H116N10O18. The van der Waals surface area contributed by atoms with Crippen LogP contribution in [0.1, 0.15) is 210 Å². The van der Waals surface area contributed by atoms with Gasteiger partial charge in [-0.25, -0.2) is 14.6 Å². The van der Waals surface area contributed by atoms with Crippen LogP contribution in [-0.2, 0) is 71.6 Å². The van der Waals surface area contributed by atoms with E-state index in [2.05, 4.69) is 45.4 Å². The lowest BCUT2D eigenvalue weighted by molar-refractivity contribution is -0.192. The van der Waals surface area contributed by atoms with Crippen molar-refractivity contribution in [2.45, 2.75) is 245 Å². The highest BCUT2D eigenvalue weighted by molar-refractivity contribution is 5.91. The van der Waals surface area contributed by atoms with Crippen LogP contribution in [0.4, 0.5) is 9.59 Å². The molecule has 0 aromatic heterocycles. The van der Waals surface area contributed by atoms with Crippen molar-refractivity contribution < 1.29 is 87.7 Å². The van der Waals surface area contributed by atoms with Crippen LogP contribution in [0.15, 0.2) is 4.99 Å². The molecule has 2 aliphatic carbocycles. The van der Waals surface area contributed by atoms with Crippen molar-refractivity contribution in [3.05, 3.63) is 0 Å². The molecule has 2 saturated carbocycles. The molecule has 534 valence electrons. The summed E-state index contributed by atoms with van der Waals surface area (Å²) in [6.45, 7) is 15.9. The molecule has 1 unspecified atom stereocenters. The fraction of sp³-hybridized carbons (Fsp3) is 0.815. The number of esters is 1. The molecule has 2 rings (SSSR count). The maximum Gasteiger partial charge on any atom is 0.407 e. The first kappa shape index (κ1) is 84.2. The molecule has 28 nitrogen and oxygen atoms in total. The summed E-state index contributed by atoms with van der Waals surface area (Å²) in [5.41, 5.74) is 17.3. The average Bonchev–Trinajstić information content (AvgIpc) is 1.63. The zero-order valence-corrected chi connectivity index (χ0v) is 56.5. The van der Waals surface area contributed by atoms with E-state index in [1.807, 2.05) is 20.8 Å². The molecule has 10 atom stereocenters. The number of guanidine groups is 1. The van der Waals surface area contributed by atoms with Crippen LogP contribution in [0.2, 0.25) is 0 Å². The number of rotatable bonds is 51. The number of amidine groups is 1. The number of nitrogens with one attached hydrogen (secondary N) is 6. The van der Waals surface area contributed by atoms with Gasteiger partial charge in [-0.2, -0.15) is 9.59 Å². The minimum absolute atomic E-state index is 0. The van der Waals surface area contributed by atoms with Gasteiger partial charge in [0.25, 0.3) is 0 Å². The number of ether oxygens (including phenoxy) is 6. The van der Waals surface area contributed by atoms with Crippen LogP contribution >= 0.6 is 0 Å². The third kappa shape index (κ3) is 36.5. The van der Waals surface area contributed by atoms with Gasteiger partial charge < -0.3 is 77.3 Å². The lowest BCUT2D eigenvalue weighted by atomic mass is 9.77. The molecule has 2 fully saturated rings. The van der Waals surface area contributed by atoms with E-state index < -0.39 is 72.1 Å². The van der Waals surface area contributed by atoms with Crippen LogP contribution in [0.25, 0.3) is 0 Å². The van der Waals surface area contributed by atoms with Crippen molar-refractivity contribution in [2.75, 3.05) is 59.3 Å². The number of carbonyl (C=O) groups excluding carboxylic acids is 10. The van der Waals surface area contributed by atoms with Gasteiger partial charge in [0.05, 0.1) is 56.9 Å². The van der Waals surface area contributed by atoms with Crippen LogP contribution in [0.5, 0.6) is 0 Å². The molecule has 0 bridgehead atoms.